The smallest absolute Gasteiger partial charge is 0.285 e. The van der Waals surface area contributed by atoms with E-state index in [1.165, 1.54) is 11.9 Å². The Kier molecular flexibility index (Phi) is 3.06. The van der Waals surface area contributed by atoms with E-state index in [9.17, 15) is 8.42 Å². The summed E-state index contributed by atoms with van der Waals surface area (Å²) in [4.78, 5) is 2.12. The quantitative estimate of drug-likeness (QED) is 0.853. The summed E-state index contributed by atoms with van der Waals surface area (Å²) in [6.07, 6.45) is 1.39. The standard InChI is InChI=1S/C15H14N2O2S/c1-12-6-2-3-7-13(12)10-17-11-16-20(18,19)15-9-5-4-8-14(15)17/h2-9,11H,10H2,1H3. The molecule has 0 fully saturated rings. The predicted octanol–water partition coefficient (Wildman–Crippen LogP) is 2.73. The second kappa shape index (κ2) is 4.76. The first-order valence-electron chi connectivity index (χ1n) is 6.28. The molecule has 2 aromatic rings. The van der Waals surface area contributed by atoms with Crippen molar-refractivity contribution < 1.29 is 8.42 Å². The van der Waals surface area contributed by atoms with Crippen LogP contribution in [0.4, 0.5) is 5.69 Å². The van der Waals surface area contributed by atoms with Crippen LogP contribution in [0.25, 0.3) is 0 Å². The first-order valence-corrected chi connectivity index (χ1v) is 7.72. The molecule has 4 nitrogen and oxygen atoms in total. The SMILES string of the molecule is Cc1ccccc1CN1C=NS(=O)(=O)c2ccccc21. The minimum Gasteiger partial charge on any atom is -0.326 e. The summed E-state index contributed by atoms with van der Waals surface area (Å²) in [7, 11) is -3.55. The number of rotatable bonds is 2. The maximum Gasteiger partial charge on any atom is 0.285 e. The summed E-state index contributed by atoms with van der Waals surface area (Å²) < 4.78 is 27.5. The van der Waals surface area contributed by atoms with Gasteiger partial charge < -0.3 is 4.90 Å². The molecule has 0 aromatic heterocycles. The predicted molar refractivity (Wildman–Crippen MR) is 79.5 cm³/mol. The second-order valence-electron chi connectivity index (χ2n) is 4.72. The zero-order valence-corrected chi connectivity index (χ0v) is 11.8. The number of nitrogens with zero attached hydrogens (tertiary/aromatic N) is 2. The van der Waals surface area contributed by atoms with Crippen molar-refractivity contribution in [3.05, 3.63) is 59.7 Å². The lowest BCUT2D eigenvalue weighted by molar-refractivity contribution is 0.597. The van der Waals surface area contributed by atoms with Crippen molar-refractivity contribution >= 4 is 22.0 Å². The van der Waals surface area contributed by atoms with E-state index in [0.29, 0.717) is 12.2 Å². The van der Waals surface area contributed by atoms with Crippen LogP contribution in [-0.2, 0) is 16.6 Å². The van der Waals surface area contributed by atoms with Crippen LogP contribution >= 0.6 is 0 Å². The van der Waals surface area contributed by atoms with Crippen molar-refractivity contribution in [2.24, 2.45) is 4.40 Å². The molecule has 0 saturated heterocycles. The second-order valence-corrected chi connectivity index (χ2v) is 6.32. The largest absolute Gasteiger partial charge is 0.326 e. The highest BCUT2D eigenvalue weighted by Gasteiger charge is 2.24. The van der Waals surface area contributed by atoms with Gasteiger partial charge in [-0.15, -0.1) is 4.40 Å². The molecule has 0 N–H and O–H groups in total. The molecule has 0 amide bonds. The number of benzene rings is 2. The van der Waals surface area contributed by atoms with Crippen molar-refractivity contribution in [3.8, 4) is 0 Å². The number of hydrogen-bond donors (Lipinski definition) is 0. The Balaban J connectivity index is 2.03. The summed E-state index contributed by atoms with van der Waals surface area (Å²) >= 11 is 0. The minimum absolute atomic E-state index is 0.260. The molecule has 5 heteroatoms. The number of para-hydroxylation sites is 1. The third kappa shape index (κ3) is 2.20. The van der Waals surface area contributed by atoms with Crippen molar-refractivity contribution in [2.75, 3.05) is 4.90 Å². The van der Waals surface area contributed by atoms with Crippen LogP contribution in [0, 0.1) is 6.92 Å². The van der Waals surface area contributed by atoms with Crippen molar-refractivity contribution in [1.29, 1.82) is 0 Å². The highest BCUT2D eigenvalue weighted by Crippen LogP contribution is 2.30. The number of fused-ring (bicyclic) bond motifs is 1. The minimum atomic E-state index is -3.55. The zero-order chi connectivity index (χ0) is 14.2. The first kappa shape index (κ1) is 12.9. The van der Waals surface area contributed by atoms with Crippen LogP contribution in [0.2, 0.25) is 0 Å². The molecular weight excluding hydrogens is 272 g/mol. The van der Waals surface area contributed by atoms with E-state index in [-0.39, 0.29) is 4.90 Å². The van der Waals surface area contributed by atoms with E-state index in [1.807, 2.05) is 42.2 Å². The fraction of sp³-hybridized carbons (Fsp3) is 0.133. The first-order chi connectivity index (χ1) is 9.58. The molecule has 1 aliphatic rings. The van der Waals surface area contributed by atoms with E-state index in [2.05, 4.69) is 4.40 Å². The molecule has 0 saturated carbocycles. The van der Waals surface area contributed by atoms with Crippen LogP contribution in [-0.4, -0.2) is 14.8 Å². The van der Waals surface area contributed by atoms with Crippen LogP contribution < -0.4 is 4.90 Å². The van der Waals surface area contributed by atoms with E-state index < -0.39 is 10.0 Å². The van der Waals surface area contributed by atoms with Gasteiger partial charge in [0.2, 0.25) is 0 Å². The highest BCUT2D eigenvalue weighted by atomic mass is 32.2. The highest BCUT2D eigenvalue weighted by molar-refractivity contribution is 7.90. The molecule has 2 aromatic carbocycles. The molecule has 102 valence electrons. The van der Waals surface area contributed by atoms with Crippen molar-refractivity contribution in [2.45, 2.75) is 18.4 Å². The number of anilines is 1. The molecule has 0 bridgehead atoms. The van der Waals surface area contributed by atoms with Gasteiger partial charge in [-0.25, -0.2) is 0 Å². The van der Waals surface area contributed by atoms with Gasteiger partial charge in [0.05, 0.1) is 5.69 Å². The third-order valence-corrected chi connectivity index (χ3v) is 4.65. The topological polar surface area (TPSA) is 49.7 Å². The molecular formula is C15H14N2O2S. The number of sulfonamides is 1. The number of hydrogen-bond acceptors (Lipinski definition) is 3. The Bertz CT molecular complexity index is 782. The zero-order valence-electron chi connectivity index (χ0n) is 11.0. The summed E-state index contributed by atoms with van der Waals surface area (Å²) in [6, 6.07) is 15.0. The molecule has 0 radical (unpaired) electrons. The van der Waals surface area contributed by atoms with Crippen LogP contribution in [0.3, 0.4) is 0 Å². The summed E-state index contributed by atoms with van der Waals surface area (Å²) in [5.74, 6) is 0. The van der Waals surface area contributed by atoms with Gasteiger partial charge in [0.15, 0.2) is 0 Å². The molecule has 0 unspecified atom stereocenters. The molecule has 0 aliphatic carbocycles. The molecule has 1 heterocycles. The van der Waals surface area contributed by atoms with Gasteiger partial charge >= 0.3 is 0 Å². The van der Waals surface area contributed by atoms with Crippen molar-refractivity contribution in [1.82, 2.24) is 0 Å². The Morgan fingerprint density at radius 2 is 1.75 bits per heavy atom. The van der Waals surface area contributed by atoms with Gasteiger partial charge in [-0.05, 0) is 30.2 Å². The van der Waals surface area contributed by atoms with E-state index in [1.54, 1.807) is 18.2 Å². The van der Waals surface area contributed by atoms with Gasteiger partial charge in [-0.1, -0.05) is 36.4 Å². The Morgan fingerprint density at radius 1 is 1.05 bits per heavy atom. The van der Waals surface area contributed by atoms with Gasteiger partial charge in [-0.3, -0.25) is 0 Å². The van der Waals surface area contributed by atoms with E-state index in [4.69, 9.17) is 0 Å². The fourth-order valence-corrected chi connectivity index (χ4v) is 3.30. The summed E-state index contributed by atoms with van der Waals surface area (Å²) in [5, 5.41) is 0. The third-order valence-electron chi connectivity index (χ3n) is 3.38. The Morgan fingerprint density at radius 3 is 2.55 bits per heavy atom. The summed E-state index contributed by atoms with van der Waals surface area (Å²) in [6.45, 7) is 2.64. The van der Waals surface area contributed by atoms with Gasteiger partial charge in [-0.2, -0.15) is 8.42 Å². The molecule has 20 heavy (non-hydrogen) atoms. The van der Waals surface area contributed by atoms with Crippen LogP contribution in [0.15, 0.2) is 57.8 Å². The average molecular weight is 286 g/mol. The molecule has 3 rings (SSSR count). The van der Waals surface area contributed by atoms with Crippen molar-refractivity contribution in [3.63, 3.8) is 0 Å². The Hall–Kier alpha value is -2.14. The maximum absolute atomic E-state index is 11.9. The monoisotopic (exact) mass is 286 g/mol. The van der Waals surface area contributed by atoms with Crippen LogP contribution in [0.1, 0.15) is 11.1 Å². The lowest BCUT2D eigenvalue weighted by Gasteiger charge is -2.25. The van der Waals surface area contributed by atoms with Gasteiger partial charge in [0.25, 0.3) is 10.0 Å². The molecule has 0 atom stereocenters. The fourth-order valence-electron chi connectivity index (χ4n) is 2.25. The lowest BCUT2D eigenvalue weighted by atomic mass is 10.1. The lowest BCUT2D eigenvalue weighted by Crippen LogP contribution is -2.26. The molecule has 0 spiro atoms. The Labute approximate surface area is 118 Å². The normalized spacial score (nSPS) is 15.9. The van der Waals surface area contributed by atoms with Gasteiger partial charge in [0, 0.05) is 6.54 Å². The van der Waals surface area contributed by atoms with Crippen LogP contribution in [0.5, 0.6) is 0 Å². The van der Waals surface area contributed by atoms with E-state index >= 15 is 0 Å². The maximum atomic E-state index is 11.9. The average Bonchev–Trinajstić information content (AvgIpc) is 2.44. The van der Waals surface area contributed by atoms with Gasteiger partial charge in [0.1, 0.15) is 11.2 Å². The van der Waals surface area contributed by atoms with E-state index in [0.717, 1.165) is 5.56 Å². The number of aryl methyl sites for hydroxylation is 1. The molecule has 1 aliphatic heterocycles. The summed E-state index contributed by atoms with van der Waals surface area (Å²) in [5.41, 5.74) is 2.99.